The van der Waals surface area contributed by atoms with E-state index in [2.05, 4.69) is 27.9 Å². The second-order valence-corrected chi connectivity index (χ2v) is 5.24. The molecule has 2 aromatic rings. The number of amides is 1. The molecule has 0 fully saturated rings. The maximum absolute atomic E-state index is 12.0. The quantitative estimate of drug-likeness (QED) is 0.368. The van der Waals surface area contributed by atoms with Crippen molar-refractivity contribution in [1.82, 2.24) is 0 Å². The van der Waals surface area contributed by atoms with Gasteiger partial charge in [0.05, 0.1) is 4.92 Å². The molecule has 2 rings (SSSR count). The predicted octanol–water partition coefficient (Wildman–Crippen LogP) is 3.03. The molecule has 0 aliphatic carbocycles. The molecule has 7 heteroatoms. The average Bonchev–Trinajstić information content (AvgIpc) is 2.40. The fourth-order valence-electron chi connectivity index (χ4n) is 1.60. The van der Waals surface area contributed by atoms with Crippen LogP contribution in [0.2, 0.25) is 0 Å². The highest BCUT2D eigenvalue weighted by Gasteiger charge is 2.14. The van der Waals surface area contributed by atoms with Crippen LogP contribution in [-0.4, -0.2) is 10.8 Å². The number of nitrogens with zero attached hydrogens (tertiary/aromatic N) is 1. The van der Waals surface area contributed by atoms with Crippen LogP contribution < -0.4 is 11.1 Å². The number of carbonyl (C=O) groups is 1. The number of carbonyl (C=O) groups excluding carboxylic acids is 1. The van der Waals surface area contributed by atoms with Crippen molar-refractivity contribution in [2.24, 2.45) is 0 Å². The Hall–Kier alpha value is -2.16. The number of nitro benzene ring substituents is 1. The third-order valence-corrected chi connectivity index (χ3v) is 3.31. The van der Waals surface area contributed by atoms with Gasteiger partial charge in [-0.2, -0.15) is 0 Å². The first kappa shape index (κ1) is 14.3. The highest BCUT2D eigenvalue weighted by molar-refractivity contribution is 14.1. The van der Waals surface area contributed by atoms with Gasteiger partial charge in [-0.25, -0.2) is 0 Å². The summed E-state index contributed by atoms with van der Waals surface area (Å²) >= 11 is 2.16. The van der Waals surface area contributed by atoms with Gasteiger partial charge in [-0.05, 0) is 59.0 Å². The standard InChI is InChI=1S/C13H10IN3O3/c14-9-2-4-10(5-3-9)16-13(18)8-1-6-12(17(19)20)11(15)7-8/h1-7H,15H2,(H,16,18). The van der Waals surface area contributed by atoms with Crippen LogP contribution in [0.15, 0.2) is 42.5 Å². The monoisotopic (exact) mass is 383 g/mol. The van der Waals surface area contributed by atoms with Crippen molar-refractivity contribution in [2.75, 3.05) is 11.1 Å². The summed E-state index contributed by atoms with van der Waals surface area (Å²) in [5.74, 6) is -0.368. The summed E-state index contributed by atoms with van der Waals surface area (Å²) in [5, 5.41) is 13.3. The highest BCUT2D eigenvalue weighted by atomic mass is 127. The summed E-state index contributed by atoms with van der Waals surface area (Å²) in [7, 11) is 0. The predicted molar refractivity (Wildman–Crippen MR) is 84.6 cm³/mol. The second-order valence-electron chi connectivity index (χ2n) is 3.99. The molecule has 102 valence electrons. The number of hydrogen-bond donors (Lipinski definition) is 2. The van der Waals surface area contributed by atoms with Crippen molar-refractivity contribution < 1.29 is 9.72 Å². The Morgan fingerprint density at radius 2 is 1.85 bits per heavy atom. The van der Waals surface area contributed by atoms with Crippen molar-refractivity contribution >= 4 is 45.6 Å². The molecule has 1 amide bonds. The molecule has 0 saturated carbocycles. The summed E-state index contributed by atoms with van der Waals surface area (Å²) < 4.78 is 1.06. The van der Waals surface area contributed by atoms with Gasteiger partial charge in [0.25, 0.3) is 11.6 Å². The zero-order valence-electron chi connectivity index (χ0n) is 10.2. The minimum absolute atomic E-state index is 0.0368. The molecule has 0 spiro atoms. The fourth-order valence-corrected chi connectivity index (χ4v) is 1.96. The van der Waals surface area contributed by atoms with E-state index in [4.69, 9.17) is 5.73 Å². The molecule has 0 atom stereocenters. The lowest BCUT2D eigenvalue weighted by Gasteiger charge is -2.06. The lowest BCUT2D eigenvalue weighted by molar-refractivity contribution is -0.383. The van der Waals surface area contributed by atoms with Gasteiger partial charge in [0.1, 0.15) is 5.69 Å². The third kappa shape index (κ3) is 3.23. The van der Waals surface area contributed by atoms with Crippen molar-refractivity contribution in [3.63, 3.8) is 0 Å². The summed E-state index contributed by atoms with van der Waals surface area (Å²) in [6.45, 7) is 0. The molecule has 6 nitrogen and oxygen atoms in total. The van der Waals surface area contributed by atoms with Crippen molar-refractivity contribution in [2.45, 2.75) is 0 Å². The van der Waals surface area contributed by atoms with Gasteiger partial charge >= 0.3 is 0 Å². The van der Waals surface area contributed by atoms with E-state index in [-0.39, 0.29) is 22.8 Å². The number of nitro groups is 1. The number of benzene rings is 2. The molecule has 0 aliphatic rings. The Balaban J connectivity index is 2.19. The maximum Gasteiger partial charge on any atom is 0.292 e. The van der Waals surface area contributed by atoms with Crippen molar-refractivity contribution in [1.29, 1.82) is 0 Å². The molecule has 2 aromatic carbocycles. The van der Waals surface area contributed by atoms with E-state index in [1.54, 1.807) is 12.1 Å². The van der Waals surface area contributed by atoms with Crippen molar-refractivity contribution in [3.8, 4) is 0 Å². The zero-order chi connectivity index (χ0) is 14.7. The van der Waals surface area contributed by atoms with Crippen LogP contribution in [0.1, 0.15) is 10.4 Å². The molecular formula is C13H10IN3O3. The van der Waals surface area contributed by atoms with E-state index in [0.717, 1.165) is 3.57 Å². The summed E-state index contributed by atoms with van der Waals surface area (Å²) in [5.41, 5.74) is 6.22. The third-order valence-electron chi connectivity index (χ3n) is 2.59. The molecule has 0 unspecified atom stereocenters. The number of anilines is 2. The number of rotatable bonds is 3. The van der Waals surface area contributed by atoms with Crippen LogP contribution in [0.25, 0.3) is 0 Å². The summed E-state index contributed by atoms with van der Waals surface area (Å²) in [4.78, 5) is 22.1. The molecule has 0 bridgehead atoms. The summed E-state index contributed by atoms with van der Waals surface area (Å²) in [6, 6.07) is 11.2. The number of nitrogen functional groups attached to an aromatic ring is 1. The van der Waals surface area contributed by atoms with E-state index in [9.17, 15) is 14.9 Å². The van der Waals surface area contributed by atoms with E-state index in [1.807, 2.05) is 12.1 Å². The van der Waals surface area contributed by atoms with Crippen LogP contribution in [-0.2, 0) is 0 Å². The van der Waals surface area contributed by atoms with E-state index >= 15 is 0 Å². The topological polar surface area (TPSA) is 98.3 Å². The minimum Gasteiger partial charge on any atom is -0.393 e. The number of hydrogen-bond acceptors (Lipinski definition) is 4. The van der Waals surface area contributed by atoms with E-state index < -0.39 is 4.92 Å². The first-order chi connectivity index (χ1) is 9.47. The highest BCUT2D eigenvalue weighted by Crippen LogP contribution is 2.22. The molecule has 0 saturated heterocycles. The molecule has 0 radical (unpaired) electrons. The minimum atomic E-state index is -0.587. The lowest BCUT2D eigenvalue weighted by atomic mass is 10.1. The van der Waals surface area contributed by atoms with Gasteiger partial charge in [-0.3, -0.25) is 14.9 Å². The van der Waals surface area contributed by atoms with Crippen LogP contribution in [0, 0.1) is 13.7 Å². The Kier molecular flexibility index (Phi) is 4.18. The smallest absolute Gasteiger partial charge is 0.292 e. The fraction of sp³-hybridized carbons (Fsp3) is 0. The van der Waals surface area contributed by atoms with Gasteiger partial charge in [-0.15, -0.1) is 0 Å². The largest absolute Gasteiger partial charge is 0.393 e. The number of nitrogens with one attached hydrogen (secondary N) is 1. The van der Waals surface area contributed by atoms with E-state index in [1.165, 1.54) is 18.2 Å². The van der Waals surface area contributed by atoms with Crippen LogP contribution in [0.4, 0.5) is 17.1 Å². The molecule has 3 N–H and O–H groups in total. The van der Waals surface area contributed by atoms with Gasteiger partial charge in [0, 0.05) is 20.9 Å². The average molecular weight is 383 g/mol. The Morgan fingerprint density at radius 1 is 1.20 bits per heavy atom. The molecule has 20 heavy (non-hydrogen) atoms. The Morgan fingerprint density at radius 3 is 2.40 bits per heavy atom. The number of nitrogens with two attached hydrogens (primary N) is 1. The maximum atomic E-state index is 12.0. The molecule has 0 aromatic heterocycles. The second kappa shape index (κ2) is 5.87. The SMILES string of the molecule is Nc1cc(C(=O)Nc2ccc(I)cc2)ccc1[N+](=O)[O-]. The number of halogens is 1. The van der Waals surface area contributed by atoms with Crippen LogP contribution in [0.5, 0.6) is 0 Å². The van der Waals surface area contributed by atoms with E-state index in [0.29, 0.717) is 5.69 Å². The Labute approximate surface area is 128 Å². The van der Waals surface area contributed by atoms with Gasteiger partial charge < -0.3 is 11.1 Å². The lowest BCUT2D eigenvalue weighted by Crippen LogP contribution is -2.12. The van der Waals surface area contributed by atoms with Crippen molar-refractivity contribution in [3.05, 3.63) is 61.7 Å². The molecule has 0 heterocycles. The van der Waals surface area contributed by atoms with Crippen LogP contribution in [0.3, 0.4) is 0 Å². The molecular weight excluding hydrogens is 373 g/mol. The summed E-state index contributed by atoms with van der Waals surface area (Å²) in [6.07, 6.45) is 0. The zero-order valence-corrected chi connectivity index (χ0v) is 12.3. The first-order valence-corrected chi connectivity index (χ1v) is 6.66. The Bertz CT molecular complexity index is 671. The van der Waals surface area contributed by atoms with Gasteiger partial charge in [0.15, 0.2) is 0 Å². The van der Waals surface area contributed by atoms with Crippen LogP contribution >= 0.6 is 22.6 Å². The van der Waals surface area contributed by atoms with Gasteiger partial charge in [-0.1, -0.05) is 0 Å². The molecule has 0 aliphatic heterocycles. The first-order valence-electron chi connectivity index (χ1n) is 5.58. The van der Waals surface area contributed by atoms with Gasteiger partial charge in [0.2, 0.25) is 0 Å². The normalized spacial score (nSPS) is 10.1.